The number of rotatable bonds is 2. The molecule has 0 radical (unpaired) electrons. The topological polar surface area (TPSA) is 39.2 Å². The summed E-state index contributed by atoms with van der Waals surface area (Å²) in [5.41, 5.74) is 0.568. The third-order valence-corrected chi connectivity index (χ3v) is 3.02. The lowest BCUT2D eigenvalue weighted by molar-refractivity contribution is 0.0525. The van der Waals surface area contributed by atoms with Crippen molar-refractivity contribution < 1.29 is 18.3 Å². The largest absolute Gasteiger partial charge is 0.462 e. The number of pyridine rings is 1. The second-order valence-corrected chi connectivity index (χ2v) is 4.27. The molecule has 0 aliphatic carbocycles. The normalized spacial score (nSPS) is 10.8. The molecule has 2 rings (SSSR count). The second kappa shape index (κ2) is 5.09. The van der Waals surface area contributed by atoms with E-state index in [1.54, 1.807) is 13.8 Å². The van der Waals surface area contributed by atoms with E-state index >= 15 is 0 Å². The number of aryl methyl sites for hydroxylation is 1. The number of nitrogens with zero attached hydrogens (tertiary/aromatic N) is 1. The van der Waals surface area contributed by atoms with Crippen LogP contribution in [-0.2, 0) is 4.74 Å². The van der Waals surface area contributed by atoms with Gasteiger partial charge in [0.05, 0.1) is 22.8 Å². The number of benzene rings is 1. The summed E-state index contributed by atoms with van der Waals surface area (Å²) in [6.45, 7) is 3.40. The first-order valence-corrected chi connectivity index (χ1v) is 5.95. The zero-order valence-corrected chi connectivity index (χ0v) is 11.0. The van der Waals surface area contributed by atoms with Gasteiger partial charge in [-0.15, -0.1) is 0 Å². The molecule has 0 saturated carbocycles. The van der Waals surface area contributed by atoms with Crippen LogP contribution in [0.2, 0.25) is 5.02 Å². The molecule has 19 heavy (non-hydrogen) atoms. The van der Waals surface area contributed by atoms with Gasteiger partial charge in [0, 0.05) is 11.5 Å². The Morgan fingerprint density at radius 2 is 2.00 bits per heavy atom. The fourth-order valence-electron chi connectivity index (χ4n) is 1.78. The Kier molecular flexibility index (Phi) is 3.66. The Labute approximate surface area is 113 Å². The van der Waals surface area contributed by atoms with Gasteiger partial charge < -0.3 is 4.74 Å². The van der Waals surface area contributed by atoms with Crippen LogP contribution < -0.4 is 0 Å². The van der Waals surface area contributed by atoms with E-state index in [0.717, 1.165) is 12.1 Å². The molecule has 0 amide bonds. The lowest BCUT2D eigenvalue weighted by atomic mass is 10.1. The first-order chi connectivity index (χ1) is 8.95. The molecular weight excluding hydrogens is 276 g/mol. The third kappa shape index (κ3) is 2.38. The maximum absolute atomic E-state index is 13.2. The summed E-state index contributed by atoms with van der Waals surface area (Å²) >= 11 is 6.07. The van der Waals surface area contributed by atoms with Gasteiger partial charge >= 0.3 is 5.97 Å². The lowest BCUT2D eigenvalue weighted by Gasteiger charge is -2.10. The Morgan fingerprint density at radius 3 is 2.63 bits per heavy atom. The fourth-order valence-corrected chi connectivity index (χ4v) is 2.14. The van der Waals surface area contributed by atoms with Crippen LogP contribution in [0.1, 0.15) is 23.0 Å². The molecule has 100 valence electrons. The second-order valence-electron chi connectivity index (χ2n) is 3.89. The summed E-state index contributed by atoms with van der Waals surface area (Å²) < 4.78 is 31.2. The number of aromatic nitrogens is 1. The van der Waals surface area contributed by atoms with Gasteiger partial charge in [-0.2, -0.15) is 0 Å². The van der Waals surface area contributed by atoms with E-state index in [1.807, 2.05) is 0 Å². The predicted molar refractivity (Wildman–Crippen MR) is 67.4 cm³/mol. The van der Waals surface area contributed by atoms with Gasteiger partial charge in [-0.3, -0.25) is 4.98 Å². The molecule has 0 bridgehead atoms. The minimum atomic E-state index is -1.05. The Bertz CT molecular complexity index is 673. The molecule has 0 fully saturated rings. The summed E-state index contributed by atoms with van der Waals surface area (Å²) in [6.07, 6.45) is 0. The van der Waals surface area contributed by atoms with Crippen molar-refractivity contribution in [2.45, 2.75) is 13.8 Å². The maximum atomic E-state index is 13.2. The van der Waals surface area contributed by atoms with Crippen LogP contribution in [0.3, 0.4) is 0 Å². The molecule has 3 nitrogen and oxygen atoms in total. The number of hydrogen-bond donors (Lipinski definition) is 0. The number of carbonyl (C=O) groups excluding carboxylic acids is 1. The zero-order valence-electron chi connectivity index (χ0n) is 10.3. The van der Waals surface area contributed by atoms with Gasteiger partial charge in [0.1, 0.15) is 5.56 Å². The Balaban J connectivity index is 2.74. The quantitative estimate of drug-likeness (QED) is 0.791. The van der Waals surface area contributed by atoms with E-state index in [1.165, 1.54) is 0 Å². The van der Waals surface area contributed by atoms with Crippen molar-refractivity contribution in [1.29, 1.82) is 0 Å². The predicted octanol–water partition coefficient (Wildman–Crippen LogP) is 3.65. The average molecular weight is 286 g/mol. The number of carbonyl (C=O) groups is 1. The molecule has 2 aromatic rings. The third-order valence-electron chi connectivity index (χ3n) is 2.62. The molecule has 0 spiro atoms. The monoisotopic (exact) mass is 285 g/mol. The zero-order chi connectivity index (χ0) is 14.2. The highest BCUT2D eigenvalue weighted by molar-refractivity contribution is 6.38. The molecule has 1 aromatic heterocycles. The molecule has 0 atom stereocenters. The van der Waals surface area contributed by atoms with Gasteiger partial charge in [0.2, 0.25) is 0 Å². The Morgan fingerprint density at radius 1 is 1.37 bits per heavy atom. The number of fused-ring (bicyclic) bond motifs is 1. The van der Waals surface area contributed by atoms with Crippen molar-refractivity contribution >= 4 is 28.5 Å². The molecule has 0 aliphatic rings. The summed E-state index contributed by atoms with van der Waals surface area (Å²) in [4.78, 5) is 15.8. The van der Waals surface area contributed by atoms with Gasteiger partial charge in [-0.05, 0) is 19.9 Å². The van der Waals surface area contributed by atoms with Crippen LogP contribution >= 0.6 is 11.6 Å². The van der Waals surface area contributed by atoms with Crippen molar-refractivity contribution in [3.05, 3.63) is 40.0 Å². The van der Waals surface area contributed by atoms with E-state index in [9.17, 15) is 13.6 Å². The molecule has 0 unspecified atom stereocenters. The van der Waals surface area contributed by atoms with Crippen LogP contribution in [0.15, 0.2) is 12.1 Å². The van der Waals surface area contributed by atoms with Crippen LogP contribution in [0.4, 0.5) is 8.78 Å². The van der Waals surface area contributed by atoms with Crippen LogP contribution in [0, 0.1) is 18.6 Å². The van der Waals surface area contributed by atoms with E-state index in [2.05, 4.69) is 4.98 Å². The van der Waals surface area contributed by atoms with E-state index in [4.69, 9.17) is 16.3 Å². The van der Waals surface area contributed by atoms with Crippen LogP contribution in [-0.4, -0.2) is 17.6 Å². The number of halogens is 3. The highest BCUT2D eigenvalue weighted by Gasteiger charge is 2.20. The van der Waals surface area contributed by atoms with Crippen molar-refractivity contribution in [3.63, 3.8) is 0 Å². The van der Waals surface area contributed by atoms with Crippen LogP contribution in [0.5, 0.6) is 0 Å². The van der Waals surface area contributed by atoms with E-state index < -0.39 is 17.6 Å². The van der Waals surface area contributed by atoms with Crippen LogP contribution in [0.25, 0.3) is 10.9 Å². The van der Waals surface area contributed by atoms with Gasteiger partial charge in [0.15, 0.2) is 11.6 Å². The summed E-state index contributed by atoms with van der Waals surface area (Å²) in [5, 5.41) is 0.189. The average Bonchev–Trinajstić information content (AvgIpc) is 2.32. The first-order valence-electron chi connectivity index (χ1n) is 5.57. The highest BCUT2D eigenvalue weighted by atomic mass is 35.5. The molecule has 0 aliphatic heterocycles. The minimum absolute atomic E-state index is 0.0138. The summed E-state index contributed by atoms with van der Waals surface area (Å²) in [6, 6.07) is 1.86. The fraction of sp³-hybridized carbons (Fsp3) is 0.231. The van der Waals surface area contributed by atoms with Crippen molar-refractivity contribution in [2.24, 2.45) is 0 Å². The number of hydrogen-bond acceptors (Lipinski definition) is 3. The number of ether oxygens (including phenoxy) is 1. The van der Waals surface area contributed by atoms with Crippen molar-refractivity contribution in [2.75, 3.05) is 6.61 Å². The number of esters is 1. The van der Waals surface area contributed by atoms with Crippen molar-refractivity contribution in [1.82, 2.24) is 4.98 Å². The van der Waals surface area contributed by atoms with E-state index in [-0.39, 0.29) is 28.1 Å². The minimum Gasteiger partial charge on any atom is -0.462 e. The Hall–Kier alpha value is -1.75. The molecule has 0 N–H and O–H groups in total. The molecule has 6 heteroatoms. The maximum Gasteiger partial charge on any atom is 0.341 e. The van der Waals surface area contributed by atoms with Gasteiger partial charge in [0.25, 0.3) is 0 Å². The molecule has 1 heterocycles. The van der Waals surface area contributed by atoms with Gasteiger partial charge in [-0.1, -0.05) is 11.6 Å². The standard InChI is InChI=1S/C13H10ClF2NO2/c1-3-19-13(18)11-6(2)17-10-5-9(16)8(15)4-7(10)12(11)14/h4-5H,3H2,1-2H3. The van der Waals surface area contributed by atoms with E-state index in [0.29, 0.717) is 5.69 Å². The molecular formula is C13H10ClF2NO2. The molecule has 0 saturated heterocycles. The summed E-state index contributed by atoms with van der Waals surface area (Å²) in [5.74, 6) is -2.70. The van der Waals surface area contributed by atoms with Crippen molar-refractivity contribution in [3.8, 4) is 0 Å². The summed E-state index contributed by atoms with van der Waals surface area (Å²) in [7, 11) is 0. The smallest absolute Gasteiger partial charge is 0.341 e. The highest BCUT2D eigenvalue weighted by Crippen LogP contribution is 2.30. The lowest BCUT2D eigenvalue weighted by Crippen LogP contribution is -2.09. The SMILES string of the molecule is CCOC(=O)c1c(C)nc2cc(F)c(F)cc2c1Cl. The van der Waals surface area contributed by atoms with Gasteiger partial charge in [-0.25, -0.2) is 13.6 Å². The molecule has 1 aromatic carbocycles. The first kappa shape index (κ1) is 13.7.